The molecule has 0 aliphatic heterocycles. The van der Waals surface area contributed by atoms with Crippen molar-refractivity contribution < 1.29 is 80.2 Å². The minimum atomic E-state index is -4.96. The first-order valence-electron chi connectivity index (χ1n) is 43.0. The smallest absolute Gasteiger partial charge is 0.462 e. The molecule has 606 valence electrons. The van der Waals surface area contributed by atoms with Gasteiger partial charge in [0.2, 0.25) is 0 Å². The summed E-state index contributed by atoms with van der Waals surface area (Å²) in [7, 11) is -9.92. The number of carbonyl (C=O) groups excluding carboxylic acids is 4. The molecule has 0 aromatic rings. The van der Waals surface area contributed by atoms with Gasteiger partial charge in [-0.15, -0.1) is 0 Å². The number of rotatable bonds is 82. The second-order valence-corrected chi connectivity index (χ2v) is 33.5. The second kappa shape index (κ2) is 74.5. The fraction of sp³-hybridized carbons (Fsp3) is 0.952. The zero-order valence-electron chi connectivity index (χ0n) is 66.9. The molecular formula is C83H162O17P2. The predicted octanol–water partition coefficient (Wildman–Crippen LogP) is 25.1. The molecule has 3 unspecified atom stereocenters. The van der Waals surface area contributed by atoms with Gasteiger partial charge < -0.3 is 33.8 Å². The van der Waals surface area contributed by atoms with E-state index < -0.39 is 97.5 Å². The Morgan fingerprint density at radius 2 is 0.500 bits per heavy atom. The average molecular weight is 1490 g/mol. The van der Waals surface area contributed by atoms with Gasteiger partial charge in [-0.2, -0.15) is 0 Å². The molecule has 0 amide bonds. The SMILES string of the molecule is CCCCCCCCCCCCCCCCCCCC(=O)OC[C@H](COP(=O)(O)OC[C@@H](O)COP(=O)(O)OC[C@@H](COC(=O)CCCCCCCCCCCCCC)OC(=O)CCCCCCCCCCCCCCC(C)C)OC(=O)CCCCCCCCCCCCCCCCC(C)CC. The van der Waals surface area contributed by atoms with Crippen molar-refractivity contribution in [2.45, 2.75) is 458 Å². The van der Waals surface area contributed by atoms with Crippen molar-refractivity contribution in [3.8, 4) is 0 Å². The van der Waals surface area contributed by atoms with Gasteiger partial charge in [0, 0.05) is 25.7 Å². The van der Waals surface area contributed by atoms with E-state index in [1.165, 1.54) is 257 Å². The molecular weight excluding hydrogens is 1330 g/mol. The number of phosphoric acid groups is 2. The summed E-state index contributed by atoms with van der Waals surface area (Å²) in [6.45, 7) is 9.72. The molecule has 0 radical (unpaired) electrons. The Bertz CT molecular complexity index is 1960. The van der Waals surface area contributed by atoms with Crippen LogP contribution in [0.1, 0.15) is 440 Å². The molecule has 0 fully saturated rings. The Hall–Kier alpha value is -1.94. The Balaban J connectivity index is 5.27. The molecule has 0 saturated carbocycles. The van der Waals surface area contributed by atoms with Gasteiger partial charge in [-0.1, -0.05) is 388 Å². The van der Waals surface area contributed by atoms with Gasteiger partial charge in [-0.05, 0) is 37.5 Å². The highest BCUT2D eigenvalue weighted by Gasteiger charge is 2.30. The summed E-state index contributed by atoms with van der Waals surface area (Å²) in [5.74, 6) is -0.481. The summed E-state index contributed by atoms with van der Waals surface area (Å²) >= 11 is 0. The molecule has 0 aliphatic rings. The molecule has 0 aromatic heterocycles. The van der Waals surface area contributed by atoms with Gasteiger partial charge in [-0.25, -0.2) is 9.13 Å². The molecule has 0 saturated heterocycles. The fourth-order valence-electron chi connectivity index (χ4n) is 12.9. The molecule has 0 bridgehead atoms. The van der Waals surface area contributed by atoms with Crippen molar-refractivity contribution in [1.82, 2.24) is 0 Å². The van der Waals surface area contributed by atoms with Gasteiger partial charge in [0.25, 0.3) is 0 Å². The maximum absolute atomic E-state index is 13.1. The molecule has 17 nitrogen and oxygen atoms in total. The fourth-order valence-corrected chi connectivity index (χ4v) is 14.4. The van der Waals surface area contributed by atoms with Crippen LogP contribution in [0.4, 0.5) is 0 Å². The third-order valence-corrected chi connectivity index (χ3v) is 21.7. The third-order valence-electron chi connectivity index (χ3n) is 19.8. The maximum Gasteiger partial charge on any atom is 0.472 e. The maximum atomic E-state index is 13.1. The standard InChI is InChI=1S/C83H162O17P2/c1-7-10-12-14-16-18-20-22-23-24-25-29-36-42-48-54-60-66-81(86)94-72-79(99-82(87)67-61-55-49-43-37-30-27-26-28-34-40-46-52-58-64-76(6)9-3)74-98-102(91,92)96-70-77(84)69-95-101(89,90)97-73-78(71-93-80(85)65-59-53-47-41-35-21-19-17-15-13-11-8-2)100-83(88)68-62-56-50-44-38-32-31-33-39-45-51-57-63-75(4)5/h75-79,84H,7-74H2,1-6H3,(H,89,90)(H,91,92)/t76?,77-,78+,79+/m0/s1. The van der Waals surface area contributed by atoms with Crippen LogP contribution in [0, 0.1) is 11.8 Å². The Morgan fingerprint density at radius 1 is 0.284 bits per heavy atom. The summed E-state index contributed by atoms with van der Waals surface area (Å²) in [5, 5.41) is 10.7. The van der Waals surface area contributed by atoms with Crippen molar-refractivity contribution in [3.05, 3.63) is 0 Å². The van der Waals surface area contributed by atoms with Crippen molar-refractivity contribution in [2.24, 2.45) is 11.8 Å². The number of unbranched alkanes of at least 4 members (excludes halogenated alkanes) is 51. The Labute approximate surface area is 626 Å². The van der Waals surface area contributed by atoms with E-state index in [2.05, 4.69) is 41.5 Å². The van der Waals surface area contributed by atoms with Gasteiger partial charge in [-0.3, -0.25) is 37.3 Å². The molecule has 19 heteroatoms. The van der Waals surface area contributed by atoms with Crippen LogP contribution in [-0.2, 0) is 65.4 Å². The number of aliphatic hydroxyl groups excluding tert-OH is 1. The Kier molecular flexibility index (Phi) is 73.1. The van der Waals surface area contributed by atoms with Crippen LogP contribution in [-0.4, -0.2) is 96.7 Å². The number of carbonyl (C=O) groups is 4. The van der Waals surface area contributed by atoms with Gasteiger partial charge in [0.05, 0.1) is 26.4 Å². The minimum Gasteiger partial charge on any atom is -0.462 e. The predicted molar refractivity (Wildman–Crippen MR) is 418 cm³/mol. The minimum absolute atomic E-state index is 0.107. The summed E-state index contributed by atoms with van der Waals surface area (Å²) < 4.78 is 68.8. The van der Waals surface area contributed by atoms with Crippen LogP contribution in [0.5, 0.6) is 0 Å². The molecule has 0 aliphatic carbocycles. The summed E-state index contributed by atoms with van der Waals surface area (Å²) in [6.07, 6.45) is 65.0. The molecule has 0 spiro atoms. The van der Waals surface area contributed by atoms with E-state index in [0.29, 0.717) is 25.7 Å². The molecule has 102 heavy (non-hydrogen) atoms. The first-order chi connectivity index (χ1) is 49.4. The quantitative estimate of drug-likeness (QED) is 0.0222. The largest absolute Gasteiger partial charge is 0.472 e. The first-order valence-corrected chi connectivity index (χ1v) is 46.0. The van der Waals surface area contributed by atoms with Crippen LogP contribution >= 0.6 is 15.6 Å². The highest BCUT2D eigenvalue weighted by molar-refractivity contribution is 7.47. The van der Waals surface area contributed by atoms with E-state index in [-0.39, 0.29) is 25.7 Å². The van der Waals surface area contributed by atoms with Crippen LogP contribution in [0.3, 0.4) is 0 Å². The Morgan fingerprint density at radius 3 is 0.745 bits per heavy atom. The molecule has 3 N–H and O–H groups in total. The number of hydrogen-bond acceptors (Lipinski definition) is 15. The monoisotopic (exact) mass is 1490 g/mol. The van der Waals surface area contributed by atoms with Crippen molar-refractivity contribution in [3.63, 3.8) is 0 Å². The number of aliphatic hydroxyl groups is 1. The van der Waals surface area contributed by atoms with E-state index in [1.54, 1.807) is 0 Å². The van der Waals surface area contributed by atoms with Crippen LogP contribution in [0.2, 0.25) is 0 Å². The van der Waals surface area contributed by atoms with E-state index >= 15 is 0 Å². The van der Waals surface area contributed by atoms with Crippen LogP contribution < -0.4 is 0 Å². The van der Waals surface area contributed by atoms with E-state index in [0.717, 1.165) is 102 Å². The zero-order chi connectivity index (χ0) is 74.9. The molecule has 0 aromatic carbocycles. The normalized spacial score (nSPS) is 14.1. The lowest BCUT2D eigenvalue weighted by Crippen LogP contribution is -2.30. The summed E-state index contributed by atoms with van der Waals surface area (Å²) in [6, 6.07) is 0. The second-order valence-electron chi connectivity index (χ2n) is 30.6. The number of esters is 4. The topological polar surface area (TPSA) is 237 Å². The van der Waals surface area contributed by atoms with E-state index in [1.807, 2.05) is 0 Å². The zero-order valence-corrected chi connectivity index (χ0v) is 68.7. The lowest BCUT2D eigenvalue weighted by atomic mass is 9.99. The number of ether oxygens (including phenoxy) is 4. The number of phosphoric ester groups is 2. The molecule has 0 heterocycles. The molecule has 0 rings (SSSR count). The third kappa shape index (κ3) is 74.9. The number of hydrogen-bond donors (Lipinski definition) is 3. The summed E-state index contributed by atoms with van der Waals surface area (Å²) in [4.78, 5) is 73.2. The highest BCUT2D eigenvalue weighted by Crippen LogP contribution is 2.45. The molecule has 6 atom stereocenters. The van der Waals surface area contributed by atoms with Crippen molar-refractivity contribution in [1.29, 1.82) is 0 Å². The average Bonchev–Trinajstić information content (AvgIpc) is 0.914. The van der Waals surface area contributed by atoms with Crippen molar-refractivity contribution in [2.75, 3.05) is 39.6 Å². The van der Waals surface area contributed by atoms with Gasteiger partial charge in [0.1, 0.15) is 19.3 Å². The lowest BCUT2D eigenvalue weighted by molar-refractivity contribution is -0.161. The van der Waals surface area contributed by atoms with Gasteiger partial charge >= 0.3 is 39.5 Å². The van der Waals surface area contributed by atoms with Crippen molar-refractivity contribution >= 4 is 39.5 Å². The van der Waals surface area contributed by atoms with Crippen LogP contribution in [0.25, 0.3) is 0 Å². The van der Waals surface area contributed by atoms with E-state index in [9.17, 15) is 43.2 Å². The van der Waals surface area contributed by atoms with Crippen LogP contribution in [0.15, 0.2) is 0 Å². The van der Waals surface area contributed by atoms with Gasteiger partial charge in [0.15, 0.2) is 12.2 Å². The highest BCUT2D eigenvalue weighted by atomic mass is 31.2. The lowest BCUT2D eigenvalue weighted by Gasteiger charge is -2.21. The summed E-state index contributed by atoms with van der Waals surface area (Å²) in [5.41, 5.74) is 0. The first kappa shape index (κ1) is 100. The van der Waals surface area contributed by atoms with E-state index in [4.69, 9.17) is 37.0 Å².